The van der Waals surface area contributed by atoms with Crippen LogP contribution in [0.4, 0.5) is 5.69 Å². The highest BCUT2D eigenvalue weighted by Crippen LogP contribution is 2.34. The zero-order valence-electron chi connectivity index (χ0n) is 15.5. The molecule has 26 heavy (non-hydrogen) atoms. The maximum atomic E-state index is 13.1. The molecule has 142 valence electrons. The SMILES string of the molecule is CCC(C)CN1C(=O)CSCC1(C)C(=O)Nc1ccc2c(c1)OCCO2. The Balaban J connectivity index is 1.78. The lowest BCUT2D eigenvalue weighted by Crippen LogP contribution is -2.62. The fourth-order valence-corrected chi connectivity index (χ4v) is 4.20. The molecular weight excluding hydrogens is 352 g/mol. The number of ether oxygens (including phenoxy) is 2. The third-order valence-electron chi connectivity index (χ3n) is 4.99. The van der Waals surface area contributed by atoms with E-state index in [0.717, 1.165) is 6.42 Å². The molecule has 2 amide bonds. The molecule has 6 nitrogen and oxygen atoms in total. The Morgan fingerprint density at radius 2 is 2.08 bits per heavy atom. The molecule has 2 aliphatic heterocycles. The Bertz CT molecular complexity index is 696. The molecule has 0 saturated carbocycles. The first kappa shape index (κ1) is 18.9. The molecule has 0 bridgehead atoms. The summed E-state index contributed by atoms with van der Waals surface area (Å²) in [7, 11) is 0. The van der Waals surface area contributed by atoms with Crippen molar-refractivity contribution in [2.75, 3.05) is 36.6 Å². The van der Waals surface area contributed by atoms with E-state index in [-0.39, 0.29) is 11.8 Å². The Kier molecular flexibility index (Phi) is 5.65. The summed E-state index contributed by atoms with van der Waals surface area (Å²) < 4.78 is 11.1. The van der Waals surface area contributed by atoms with Crippen molar-refractivity contribution in [1.82, 2.24) is 4.90 Å². The van der Waals surface area contributed by atoms with E-state index in [1.807, 2.05) is 6.92 Å². The lowest BCUT2D eigenvalue weighted by Gasteiger charge is -2.44. The molecule has 2 aliphatic rings. The van der Waals surface area contributed by atoms with E-state index in [1.54, 1.807) is 23.1 Å². The molecule has 1 saturated heterocycles. The molecule has 1 N–H and O–H groups in total. The molecule has 0 aliphatic carbocycles. The number of amides is 2. The van der Waals surface area contributed by atoms with Gasteiger partial charge in [0, 0.05) is 24.1 Å². The summed E-state index contributed by atoms with van der Waals surface area (Å²) in [4.78, 5) is 27.3. The van der Waals surface area contributed by atoms with Crippen LogP contribution in [0.15, 0.2) is 18.2 Å². The van der Waals surface area contributed by atoms with E-state index in [9.17, 15) is 9.59 Å². The Labute approximate surface area is 158 Å². The van der Waals surface area contributed by atoms with Crippen molar-refractivity contribution in [3.8, 4) is 11.5 Å². The van der Waals surface area contributed by atoms with E-state index in [4.69, 9.17) is 9.47 Å². The second-order valence-corrected chi connectivity index (χ2v) is 8.08. The van der Waals surface area contributed by atoms with Crippen LogP contribution in [-0.4, -0.2) is 53.5 Å². The summed E-state index contributed by atoms with van der Waals surface area (Å²) >= 11 is 1.51. The number of nitrogens with one attached hydrogen (secondary N) is 1. The van der Waals surface area contributed by atoms with E-state index >= 15 is 0 Å². The second-order valence-electron chi connectivity index (χ2n) is 7.10. The number of carbonyl (C=O) groups excluding carboxylic acids is 2. The first-order valence-electron chi connectivity index (χ1n) is 9.03. The molecule has 2 atom stereocenters. The fraction of sp³-hybridized carbons (Fsp3) is 0.579. The standard InChI is InChI=1S/C19H26N2O4S/c1-4-13(2)10-21-17(22)11-26-12-19(21,3)18(23)20-14-5-6-15-16(9-14)25-8-7-24-15/h5-6,9,13H,4,7-8,10-12H2,1-3H3,(H,20,23). The number of hydrogen-bond donors (Lipinski definition) is 1. The van der Waals surface area contributed by atoms with Crippen LogP contribution in [0.25, 0.3) is 0 Å². The van der Waals surface area contributed by atoms with Crippen LogP contribution >= 0.6 is 11.8 Å². The van der Waals surface area contributed by atoms with Crippen LogP contribution in [0.5, 0.6) is 11.5 Å². The summed E-state index contributed by atoms with van der Waals surface area (Å²) in [6.45, 7) is 7.68. The van der Waals surface area contributed by atoms with Gasteiger partial charge in [-0.2, -0.15) is 0 Å². The first-order chi connectivity index (χ1) is 12.4. The third-order valence-corrected chi connectivity index (χ3v) is 6.20. The van der Waals surface area contributed by atoms with Gasteiger partial charge in [0.05, 0.1) is 5.75 Å². The predicted octanol–water partition coefficient (Wildman–Crippen LogP) is 2.78. The van der Waals surface area contributed by atoms with Crippen LogP contribution in [0.2, 0.25) is 0 Å². The van der Waals surface area contributed by atoms with Crippen molar-refractivity contribution >= 4 is 29.3 Å². The van der Waals surface area contributed by atoms with Crippen LogP contribution in [0.1, 0.15) is 27.2 Å². The topological polar surface area (TPSA) is 67.9 Å². The van der Waals surface area contributed by atoms with Crippen LogP contribution in [-0.2, 0) is 9.59 Å². The number of fused-ring (bicyclic) bond motifs is 1. The highest BCUT2D eigenvalue weighted by atomic mass is 32.2. The highest BCUT2D eigenvalue weighted by molar-refractivity contribution is 8.00. The summed E-state index contributed by atoms with van der Waals surface area (Å²) in [5.41, 5.74) is -0.219. The zero-order valence-corrected chi connectivity index (χ0v) is 16.4. The molecule has 0 spiro atoms. The van der Waals surface area contributed by atoms with Gasteiger partial charge in [-0.1, -0.05) is 20.3 Å². The predicted molar refractivity (Wildman–Crippen MR) is 103 cm³/mol. The molecule has 1 aromatic rings. The summed E-state index contributed by atoms with van der Waals surface area (Å²) in [6, 6.07) is 5.36. The second kappa shape index (κ2) is 7.78. The monoisotopic (exact) mass is 378 g/mol. The molecular formula is C19H26N2O4S. The summed E-state index contributed by atoms with van der Waals surface area (Å²) in [5.74, 6) is 2.55. The van der Waals surface area contributed by atoms with Crippen LogP contribution in [0.3, 0.4) is 0 Å². The lowest BCUT2D eigenvalue weighted by atomic mass is 9.97. The fourth-order valence-electron chi connectivity index (χ4n) is 3.09. The van der Waals surface area contributed by atoms with Crippen LogP contribution in [0, 0.1) is 5.92 Å². The normalized spacial score (nSPS) is 23.5. The molecule has 1 fully saturated rings. The van der Waals surface area contributed by atoms with Gasteiger partial charge in [0.2, 0.25) is 5.91 Å². The number of benzene rings is 1. The van der Waals surface area contributed by atoms with Crippen molar-refractivity contribution in [3.05, 3.63) is 18.2 Å². The molecule has 1 aromatic carbocycles. The number of hydrogen-bond acceptors (Lipinski definition) is 5. The highest BCUT2D eigenvalue weighted by Gasteiger charge is 2.45. The smallest absolute Gasteiger partial charge is 0.250 e. The van der Waals surface area contributed by atoms with Crippen molar-refractivity contribution in [1.29, 1.82) is 0 Å². The van der Waals surface area contributed by atoms with Gasteiger partial charge in [0.1, 0.15) is 18.8 Å². The van der Waals surface area contributed by atoms with Crippen molar-refractivity contribution in [2.24, 2.45) is 5.92 Å². The van der Waals surface area contributed by atoms with Gasteiger partial charge in [0.15, 0.2) is 11.5 Å². The minimum absolute atomic E-state index is 0.0291. The summed E-state index contributed by atoms with van der Waals surface area (Å²) in [6.07, 6.45) is 0.969. The van der Waals surface area contributed by atoms with Gasteiger partial charge in [-0.05, 0) is 25.0 Å². The van der Waals surface area contributed by atoms with Gasteiger partial charge >= 0.3 is 0 Å². The number of rotatable bonds is 5. The minimum Gasteiger partial charge on any atom is -0.486 e. The molecule has 2 heterocycles. The number of carbonyl (C=O) groups is 2. The van der Waals surface area contributed by atoms with Gasteiger partial charge in [0.25, 0.3) is 5.91 Å². The number of nitrogens with zero attached hydrogens (tertiary/aromatic N) is 1. The van der Waals surface area contributed by atoms with Gasteiger partial charge in [-0.3, -0.25) is 9.59 Å². The zero-order chi connectivity index (χ0) is 18.7. The van der Waals surface area contributed by atoms with E-state index < -0.39 is 5.54 Å². The van der Waals surface area contributed by atoms with Crippen molar-refractivity contribution in [2.45, 2.75) is 32.7 Å². The lowest BCUT2D eigenvalue weighted by molar-refractivity contribution is -0.142. The summed E-state index contributed by atoms with van der Waals surface area (Å²) in [5, 5.41) is 2.96. The van der Waals surface area contributed by atoms with Gasteiger partial charge < -0.3 is 19.7 Å². The van der Waals surface area contributed by atoms with E-state index in [2.05, 4.69) is 19.2 Å². The maximum Gasteiger partial charge on any atom is 0.250 e. The Morgan fingerprint density at radius 3 is 2.81 bits per heavy atom. The van der Waals surface area contributed by atoms with E-state index in [0.29, 0.717) is 54.4 Å². The van der Waals surface area contributed by atoms with Crippen LogP contribution < -0.4 is 14.8 Å². The first-order valence-corrected chi connectivity index (χ1v) is 10.2. The van der Waals surface area contributed by atoms with Crippen molar-refractivity contribution in [3.63, 3.8) is 0 Å². The molecule has 3 rings (SSSR count). The molecule has 2 unspecified atom stereocenters. The Hall–Kier alpha value is -1.89. The maximum absolute atomic E-state index is 13.1. The van der Waals surface area contributed by atoms with Gasteiger partial charge in [-0.25, -0.2) is 0 Å². The van der Waals surface area contributed by atoms with Crippen molar-refractivity contribution < 1.29 is 19.1 Å². The number of thioether (sulfide) groups is 1. The quantitative estimate of drug-likeness (QED) is 0.853. The van der Waals surface area contributed by atoms with Gasteiger partial charge in [-0.15, -0.1) is 11.8 Å². The average Bonchev–Trinajstić information content (AvgIpc) is 2.64. The molecule has 0 radical (unpaired) electrons. The largest absolute Gasteiger partial charge is 0.486 e. The minimum atomic E-state index is -0.864. The molecule has 7 heteroatoms. The molecule has 0 aromatic heterocycles. The average molecular weight is 378 g/mol. The third kappa shape index (κ3) is 3.77. The Morgan fingerprint density at radius 1 is 1.35 bits per heavy atom. The van der Waals surface area contributed by atoms with E-state index in [1.165, 1.54) is 11.8 Å². The number of anilines is 1.